The van der Waals surface area contributed by atoms with E-state index in [0.29, 0.717) is 10.7 Å². The highest BCUT2D eigenvalue weighted by atomic mass is 35.5. The highest BCUT2D eigenvalue weighted by molar-refractivity contribution is 7.99. The summed E-state index contributed by atoms with van der Waals surface area (Å²) in [6.07, 6.45) is 10.3. The molecule has 0 spiro atoms. The van der Waals surface area contributed by atoms with Crippen LogP contribution >= 0.6 is 23.4 Å². The normalized spacial score (nSPS) is 15.6. The standard InChI is InChI=1S/C19H21ClN4OS/c1-13-11-15(7-8-16(13)20)23-9-10-24-17(18(23)25)21-22-19(24)26-12-14-5-3-2-4-6-14/h7-11,14H,2-6,12H2,1H3. The van der Waals surface area contributed by atoms with Crippen LogP contribution in [0.15, 0.2) is 40.5 Å². The Balaban J connectivity index is 1.62. The molecule has 0 atom stereocenters. The molecule has 1 aromatic carbocycles. The summed E-state index contributed by atoms with van der Waals surface area (Å²) in [6.45, 7) is 1.92. The largest absolute Gasteiger partial charge is 0.300 e. The van der Waals surface area contributed by atoms with Crippen LogP contribution in [0.1, 0.15) is 37.7 Å². The second kappa shape index (κ2) is 7.45. The first-order valence-electron chi connectivity index (χ1n) is 8.99. The third-order valence-corrected chi connectivity index (χ3v) is 6.63. The average molecular weight is 389 g/mol. The number of aromatic nitrogens is 4. The molecule has 0 aliphatic heterocycles. The Morgan fingerprint density at radius 1 is 1.19 bits per heavy atom. The molecule has 1 aliphatic carbocycles. The molecule has 1 fully saturated rings. The lowest BCUT2D eigenvalue weighted by molar-refractivity contribution is 0.390. The Bertz CT molecular complexity index is 991. The summed E-state index contributed by atoms with van der Waals surface area (Å²) in [5.41, 5.74) is 1.89. The van der Waals surface area contributed by atoms with Crippen molar-refractivity contribution in [3.05, 3.63) is 51.5 Å². The van der Waals surface area contributed by atoms with Crippen molar-refractivity contribution in [2.75, 3.05) is 5.75 Å². The highest BCUT2D eigenvalue weighted by Crippen LogP contribution is 2.29. The van der Waals surface area contributed by atoms with E-state index in [-0.39, 0.29) is 5.56 Å². The summed E-state index contributed by atoms with van der Waals surface area (Å²) < 4.78 is 3.39. The predicted octanol–water partition coefficient (Wildman–Crippen LogP) is 4.51. The fourth-order valence-electron chi connectivity index (χ4n) is 3.49. The van der Waals surface area contributed by atoms with Crippen LogP contribution in [0.2, 0.25) is 5.02 Å². The number of fused-ring (bicyclic) bond motifs is 1. The summed E-state index contributed by atoms with van der Waals surface area (Å²) in [5, 5.41) is 9.87. The SMILES string of the molecule is Cc1cc(-n2ccn3c(SCC4CCCCC4)nnc3c2=O)ccc1Cl. The van der Waals surface area contributed by atoms with Crippen LogP contribution in [0, 0.1) is 12.8 Å². The molecule has 3 aromatic rings. The Morgan fingerprint density at radius 3 is 2.77 bits per heavy atom. The van der Waals surface area contributed by atoms with Gasteiger partial charge in [0, 0.05) is 28.9 Å². The van der Waals surface area contributed by atoms with Gasteiger partial charge in [-0.05, 0) is 49.4 Å². The van der Waals surface area contributed by atoms with E-state index in [1.165, 1.54) is 32.1 Å². The zero-order chi connectivity index (χ0) is 18.1. The zero-order valence-electron chi connectivity index (χ0n) is 14.7. The average Bonchev–Trinajstić information content (AvgIpc) is 3.08. The smallest absolute Gasteiger partial charge is 0.280 e. The van der Waals surface area contributed by atoms with Gasteiger partial charge in [0.05, 0.1) is 0 Å². The number of rotatable bonds is 4. The molecular weight excluding hydrogens is 368 g/mol. The second-order valence-corrected chi connectivity index (χ2v) is 8.29. The molecule has 2 heterocycles. The van der Waals surface area contributed by atoms with Crippen molar-refractivity contribution in [3.63, 3.8) is 0 Å². The van der Waals surface area contributed by atoms with Crippen molar-refractivity contribution in [3.8, 4) is 5.69 Å². The summed E-state index contributed by atoms with van der Waals surface area (Å²) in [6, 6.07) is 5.54. The number of nitrogens with zero attached hydrogens (tertiary/aromatic N) is 4. The number of aryl methyl sites for hydroxylation is 1. The Kier molecular flexibility index (Phi) is 5.05. The number of hydrogen-bond acceptors (Lipinski definition) is 4. The lowest BCUT2D eigenvalue weighted by atomic mass is 9.91. The summed E-state index contributed by atoms with van der Waals surface area (Å²) in [7, 11) is 0. The molecule has 1 saturated carbocycles. The topological polar surface area (TPSA) is 52.2 Å². The Hall–Kier alpha value is -1.79. The molecule has 2 aromatic heterocycles. The molecule has 0 radical (unpaired) electrons. The molecule has 1 aliphatic rings. The monoisotopic (exact) mass is 388 g/mol. The Labute approximate surface area is 161 Å². The lowest BCUT2D eigenvalue weighted by Gasteiger charge is -2.20. The minimum Gasteiger partial charge on any atom is -0.280 e. The van der Waals surface area contributed by atoms with Crippen LogP contribution in [0.4, 0.5) is 0 Å². The minimum atomic E-state index is -0.175. The first kappa shape index (κ1) is 17.6. The molecule has 4 rings (SSSR count). The number of thioether (sulfide) groups is 1. The molecule has 26 heavy (non-hydrogen) atoms. The number of benzene rings is 1. The first-order valence-corrected chi connectivity index (χ1v) is 10.4. The van der Waals surface area contributed by atoms with Gasteiger partial charge in [0.1, 0.15) is 0 Å². The summed E-state index contributed by atoms with van der Waals surface area (Å²) >= 11 is 7.79. The van der Waals surface area contributed by atoms with Gasteiger partial charge in [-0.25, -0.2) is 0 Å². The van der Waals surface area contributed by atoms with Gasteiger partial charge >= 0.3 is 5.56 Å². The number of hydrogen-bond donors (Lipinski definition) is 0. The fraction of sp³-hybridized carbons (Fsp3) is 0.421. The highest BCUT2D eigenvalue weighted by Gasteiger charge is 2.17. The van der Waals surface area contributed by atoms with Crippen LogP contribution in [0.25, 0.3) is 11.3 Å². The quantitative estimate of drug-likeness (QED) is 0.617. The minimum absolute atomic E-state index is 0.175. The Morgan fingerprint density at radius 2 is 2.00 bits per heavy atom. The summed E-state index contributed by atoms with van der Waals surface area (Å²) in [5.74, 6) is 1.79. The van der Waals surface area contributed by atoms with Crippen LogP contribution < -0.4 is 5.56 Å². The fourth-order valence-corrected chi connectivity index (χ4v) is 4.71. The maximum atomic E-state index is 12.8. The predicted molar refractivity (Wildman–Crippen MR) is 106 cm³/mol. The molecule has 0 bridgehead atoms. The number of halogens is 1. The maximum absolute atomic E-state index is 12.8. The van der Waals surface area contributed by atoms with Crippen LogP contribution in [0.5, 0.6) is 0 Å². The van der Waals surface area contributed by atoms with E-state index in [0.717, 1.165) is 28.1 Å². The van der Waals surface area contributed by atoms with Gasteiger partial charge in [-0.2, -0.15) is 0 Å². The van der Waals surface area contributed by atoms with Crippen molar-refractivity contribution in [2.45, 2.75) is 44.2 Å². The van der Waals surface area contributed by atoms with E-state index in [9.17, 15) is 4.79 Å². The van der Waals surface area contributed by atoms with Gasteiger partial charge in [0.15, 0.2) is 5.16 Å². The molecule has 7 heteroatoms. The van der Waals surface area contributed by atoms with E-state index in [1.54, 1.807) is 33.0 Å². The third-order valence-electron chi connectivity index (χ3n) is 5.03. The third kappa shape index (κ3) is 3.40. The van der Waals surface area contributed by atoms with Crippen LogP contribution in [0.3, 0.4) is 0 Å². The molecule has 0 unspecified atom stereocenters. The summed E-state index contributed by atoms with van der Waals surface area (Å²) in [4.78, 5) is 12.8. The first-order chi connectivity index (χ1) is 12.6. The van der Waals surface area contributed by atoms with Gasteiger partial charge in [-0.15, -0.1) is 10.2 Å². The van der Waals surface area contributed by atoms with Gasteiger partial charge < -0.3 is 0 Å². The van der Waals surface area contributed by atoms with E-state index in [1.807, 2.05) is 25.3 Å². The van der Waals surface area contributed by atoms with Crippen molar-refractivity contribution in [1.82, 2.24) is 19.2 Å². The molecule has 0 N–H and O–H groups in total. The van der Waals surface area contributed by atoms with Crippen molar-refractivity contribution in [2.24, 2.45) is 5.92 Å². The molecule has 136 valence electrons. The maximum Gasteiger partial charge on any atom is 0.300 e. The molecule has 0 amide bonds. The van der Waals surface area contributed by atoms with Crippen molar-refractivity contribution >= 4 is 29.0 Å². The zero-order valence-corrected chi connectivity index (χ0v) is 16.3. The van der Waals surface area contributed by atoms with Gasteiger partial charge in [-0.3, -0.25) is 13.8 Å². The molecule has 0 saturated heterocycles. The lowest BCUT2D eigenvalue weighted by Crippen LogP contribution is -2.20. The van der Waals surface area contributed by atoms with Crippen LogP contribution in [-0.4, -0.2) is 24.9 Å². The van der Waals surface area contributed by atoms with Crippen molar-refractivity contribution in [1.29, 1.82) is 0 Å². The van der Waals surface area contributed by atoms with Gasteiger partial charge in [0.25, 0.3) is 0 Å². The van der Waals surface area contributed by atoms with E-state index < -0.39 is 0 Å². The second-order valence-electron chi connectivity index (χ2n) is 6.90. The van der Waals surface area contributed by atoms with Gasteiger partial charge in [0.2, 0.25) is 5.65 Å². The van der Waals surface area contributed by atoms with Crippen molar-refractivity contribution < 1.29 is 0 Å². The van der Waals surface area contributed by atoms with Gasteiger partial charge in [-0.1, -0.05) is 42.6 Å². The van der Waals surface area contributed by atoms with E-state index in [2.05, 4.69) is 10.2 Å². The molecular formula is C19H21ClN4OS. The van der Waals surface area contributed by atoms with Crippen LogP contribution in [-0.2, 0) is 0 Å². The molecule has 5 nitrogen and oxygen atoms in total. The van der Waals surface area contributed by atoms with E-state index >= 15 is 0 Å². The van der Waals surface area contributed by atoms with E-state index in [4.69, 9.17) is 11.6 Å².